The SMILES string of the molecule is C=CCOc1ccc(CN(C[C@@H]2CCCO2)C(=O)CN2C(=O)c3ccccc3C2=O)cc1OC. The molecule has 2 aliphatic rings. The highest BCUT2D eigenvalue weighted by Gasteiger charge is 2.37. The van der Waals surface area contributed by atoms with Crippen LogP contribution in [0.2, 0.25) is 0 Å². The van der Waals surface area contributed by atoms with Crippen molar-refractivity contribution in [2.24, 2.45) is 0 Å². The van der Waals surface area contributed by atoms with Gasteiger partial charge in [0, 0.05) is 19.7 Å². The van der Waals surface area contributed by atoms with Gasteiger partial charge in [-0.1, -0.05) is 30.9 Å². The molecule has 34 heavy (non-hydrogen) atoms. The Morgan fingerprint density at radius 3 is 2.53 bits per heavy atom. The van der Waals surface area contributed by atoms with Crippen molar-refractivity contribution >= 4 is 17.7 Å². The third kappa shape index (κ3) is 4.97. The molecule has 2 heterocycles. The second-order valence-electron chi connectivity index (χ2n) is 8.24. The first kappa shape index (κ1) is 23.5. The quantitative estimate of drug-likeness (QED) is 0.397. The summed E-state index contributed by atoms with van der Waals surface area (Å²) in [6.45, 7) is 4.99. The van der Waals surface area contributed by atoms with Crippen LogP contribution >= 0.6 is 0 Å². The van der Waals surface area contributed by atoms with E-state index in [1.165, 1.54) is 0 Å². The molecule has 0 radical (unpaired) electrons. The molecule has 0 unspecified atom stereocenters. The van der Waals surface area contributed by atoms with Crippen molar-refractivity contribution in [3.05, 3.63) is 71.8 Å². The Hall–Kier alpha value is -3.65. The van der Waals surface area contributed by atoms with E-state index in [9.17, 15) is 14.4 Å². The molecule has 0 N–H and O–H groups in total. The van der Waals surface area contributed by atoms with Crippen LogP contribution in [0.4, 0.5) is 0 Å². The average Bonchev–Trinajstić information content (AvgIpc) is 3.45. The van der Waals surface area contributed by atoms with E-state index in [-0.39, 0.29) is 25.1 Å². The second-order valence-corrected chi connectivity index (χ2v) is 8.24. The number of rotatable bonds is 10. The molecule has 0 aliphatic carbocycles. The summed E-state index contributed by atoms with van der Waals surface area (Å²) >= 11 is 0. The zero-order valence-corrected chi connectivity index (χ0v) is 19.2. The Morgan fingerprint density at radius 2 is 1.91 bits per heavy atom. The van der Waals surface area contributed by atoms with E-state index in [0.717, 1.165) is 23.3 Å². The Balaban J connectivity index is 1.52. The maximum absolute atomic E-state index is 13.4. The van der Waals surface area contributed by atoms with E-state index in [4.69, 9.17) is 14.2 Å². The highest BCUT2D eigenvalue weighted by atomic mass is 16.5. The van der Waals surface area contributed by atoms with Gasteiger partial charge in [0.2, 0.25) is 5.91 Å². The lowest BCUT2D eigenvalue weighted by atomic mass is 10.1. The predicted octanol–water partition coefficient (Wildman–Crippen LogP) is 3.06. The first-order chi connectivity index (χ1) is 16.5. The fraction of sp³-hybridized carbons (Fsp3) is 0.346. The number of amides is 3. The van der Waals surface area contributed by atoms with Crippen LogP contribution in [0.3, 0.4) is 0 Å². The van der Waals surface area contributed by atoms with Gasteiger partial charge in [0.25, 0.3) is 11.8 Å². The zero-order valence-electron chi connectivity index (χ0n) is 19.2. The van der Waals surface area contributed by atoms with Crippen LogP contribution in [0.5, 0.6) is 11.5 Å². The van der Waals surface area contributed by atoms with Gasteiger partial charge < -0.3 is 19.1 Å². The molecule has 8 nitrogen and oxygen atoms in total. The fourth-order valence-corrected chi connectivity index (χ4v) is 4.21. The largest absolute Gasteiger partial charge is 0.493 e. The lowest BCUT2D eigenvalue weighted by molar-refractivity contribution is -0.133. The van der Waals surface area contributed by atoms with Gasteiger partial charge in [0.05, 0.1) is 24.3 Å². The first-order valence-electron chi connectivity index (χ1n) is 11.3. The topological polar surface area (TPSA) is 85.4 Å². The number of carbonyl (C=O) groups is 3. The van der Waals surface area contributed by atoms with Crippen LogP contribution in [0.25, 0.3) is 0 Å². The molecule has 1 saturated heterocycles. The fourth-order valence-electron chi connectivity index (χ4n) is 4.21. The van der Waals surface area contributed by atoms with E-state index in [1.807, 2.05) is 12.1 Å². The summed E-state index contributed by atoms with van der Waals surface area (Å²) in [7, 11) is 1.55. The number of carbonyl (C=O) groups excluding carboxylic acids is 3. The van der Waals surface area contributed by atoms with Gasteiger partial charge in [-0.3, -0.25) is 19.3 Å². The van der Waals surface area contributed by atoms with Gasteiger partial charge in [-0.2, -0.15) is 0 Å². The molecule has 0 spiro atoms. The van der Waals surface area contributed by atoms with Crippen molar-refractivity contribution < 1.29 is 28.6 Å². The van der Waals surface area contributed by atoms with Crippen LogP contribution in [0.15, 0.2) is 55.1 Å². The molecule has 4 rings (SSSR count). The van der Waals surface area contributed by atoms with Crippen molar-refractivity contribution in [2.45, 2.75) is 25.5 Å². The molecule has 178 valence electrons. The monoisotopic (exact) mass is 464 g/mol. The van der Waals surface area contributed by atoms with Crippen molar-refractivity contribution in [1.29, 1.82) is 0 Å². The van der Waals surface area contributed by atoms with Crippen LogP contribution in [0, 0.1) is 0 Å². The summed E-state index contributed by atoms with van der Waals surface area (Å²) in [5, 5.41) is 0. The summed E-state index contributed by atoms with van der Waals surface area (Å²) < 4.78 is 16.8. The summed E-state index contributed by atoms with van der Waals surface area (Å²) in [6, 6.07) is 12.1. The Bertz CT molecular complexity index is 1060. The van der Waals surface area contributed by atoms with E-state index >= 15 is 0 Å². The van der Waals surface area contributed by atoms with Crippen LogP contribution in [-0.4, -0.2) is 67.0 Å². The summed E-state index contributed by atoms with van der Waals surface area (Å²) in [4.78, 5) is 41.5. The molecular formula is C26H28N2O6. The molecule has 3 amide bonds. The van der Waals surface area contributed by atoms with E-state index in [1.54, 1.807) is 48.4 Å². The zero-order chi connectivity index (χ0) is 24.1. The highest BCUT2D eigenvalue weighted by molar-refractivity contribution is 6.22. The van der Waals surface area contributed by atoms with Gasteiger partial charge in [-0.05, 0) is 42.7 Å². The van der Waals surface area contributed by atoms with Crippen LogP contribution in [0.1, 0.15) is 39.1 Å². The van der Waals surface area contributed by atoms with Crippen molar-refractivity contribution in [3.63, 3.8) is 0 Å². The van der Waals surface area contributed by atoms with Crippen LogP contribution < -0.4 is 9.47 Å². The molecule has 0 saturated carbocycles. The normalized spacial score (nSPS) is 17.0. The smallest absolute Gasteiger partial charge is 0.262 e. The molecule has 0 bridgehead atoms. The molecule has 1 atom stereocenters. The maximum Gasteiger partial charge on any atom is 0.262 e. The third-order valence-corrected chi connectivity index (χ3v) is 5.93. The summed E-state index contributed by atoms with van der Waals surface area (Å²) in [6.07, 6.45) is 3.36. The molecule has 8 heteroatoms. The van der Waals surface area contributed by atoms with E-state index in [2.05, 4.69) is 6.58 Å². The standard InChI is InChI=1S/C26H28N2O6/c1-3-12-34-22-11-10-18(14-23(22)32-2)15-27(16-19-7-6-13-33-19)24(29)17-28-25(30)20-8-4-5-9-21(20)26(28)31/h3-5,8-11,14,19H,1,6-7,12-13,15-17H2,2H3/t19-/m0/s1. The van der Waals surface area contributed by atoms with Crippen LogP contribution in [-0.2, 0) is 16.1 Å². The minimum absolute atomic E-state index is 0.0804. The lowest BCUT2D eigenvalue weighted by Crippen LogP contribution is -2.44. The number of imide groups is 1. The van der Waals surface area contributed by atoms with Crippen molar-refractivity contribution in [2.75, 3.05) is 33.4 Å². The number of hydrogen-bond donors (Lipinski definition) is 0. The number of fused-ring (bicyclic) bond motifs is 1. The summed E-state index contributed by atoms with van der Waals surface area (Å²) in [5.41, 5.74) is 1.48. The number of nitrogens with zero attached hydrogens (tertiary/aromatic N) is 2. The summed E-state index contributed by atoms with van der Waals surface area (Å²) in [5.74, 6) is -0.0952. The Labute approximate surface area is 198 Å². The third-order valence-electron chi connectivity index (χ3n) is 5.93. The molecule has 2 aromatic rings. The number of methoxy groups -OCH3 is 1. The second kappa shape index (κ2) is 10.5. The minimum atomic E-state index is -0.448. The number of benzene rings is 2. The molecule has 1 fully saturated rings. The lowest BCUT2D eigenvalue weighted by Gasteiger charge is -2.27. The van der Waals surface area contributed by atoms with Crippen molar-refractivity contribution in [3.8, 4) is 11.5 Å². The molecule has 2 aromatic carbocycles. The van der Waals surface area contributed by atoms with Gasteiger partial charge in [0.15, 0.2) is 11.5 Å². The van der Waals surface area contributed by atoms with Gasteiger partial charge in [0.1, 0.15) is 13.2 Å². The minimum Gasteiger partial charge on any atom is -0.493 e. The van der Waals surface area contributed by atoms with Gasteiger partial charge in [-0.15, -0.1) is 0 Å². The average molecular weight is 465 g/mol. The number of hydrogen-bond acceptors (Lipinski definition) is 6. The predicted molar refractivity (Wildman–Crippen MR) is 125 cm³/mol. The first-order valence-corrected chi connectivity index (χ1v) is 11.3. The van der Waals surface area contributed by atoms with Gasteiger partial charge >= 0.3 is 0 Å². The molecule has 2 aliphatic heterocycles. The van der Waals surface area contributed by atoms with E-state index in [0.29, 0.717) is 42.4 Å². The molecule has 0 aromatic heterocycles. The molecular weight excluding hydrogens is 436 g/mol. The highest BCUT2D eigenvalue weighted by Crippen LogP contribution is 2.29. The number of ether oxygens (including phenoxy) is 3. The van der Waals surface area contributed by atoms with E-state index < -0.39 is 11.8 Å². The van der Waals surface area contributed by atoms with Gasteiger partial charge in [-0.25, -0.2) is 0 Å². The Morgan fingerprint density at radius 1 is 1.18 bits per heavy atom. The Kier molecular flexibility index (Phi) is 7.27. The van der Waals surface area contributed by atoms with Crippen molar-refractivity contribution in [1.82, 2.24) is 9.80 Å². The maximum atomic E-state index is 13.4.